The Kier molecular flexibility index (Phi) is 5.85. The van der Waals surface area contributed by atoms with E-state index in [1.807, 2.05) is 0 Å². The molecule has 0 aliphatic carbocycles. The number of carboxylic acids is 1. The van der Waals surface area contributed by atoms with Crippen LogP contribution in [0, 0.1) is 11.6 Å². The molecule has 0 aliphatic rings. The molecule has 1 atom stereocenters. The first-order chi connectivity index (χ1) is 6.91. The van der Waals surface area contributed by atoms with Crippen molar-refractivity contribution in [2.45, 2.75) is 12.5 Å². The Morgan fingerprint density at radius 2 is 1.88 bits per heavy atom. The Morgan fingerprint density at radius 3 is 2.25 bits per heavy atom. The van der Waals surface area contributed by atoms with E-state index in [4.69, 9.17) is 10.8 Å². The van der Waals surface area contributed by atoms with Crippen LogP contribution in [0.25, 0.3) is 0 Å². The predicted octanol–water partition coefficient (Wildman–Crippen LogP) is 2.10. The number of rotatable bonds is 3. The Labute approximate surface area is 105 Å². The average molecular weight is 317 g/mol. The van der Waals surface area contributed by atoms with Crippen molar-refractivity contribution in [3.8, 4) is 0 Å². The van der Waals surface area contributed by atoms with Crippen LogP contribution < -0.4 is 5.73 Å². The molecule has 3 N–H and O–H groups in total. The topological polar surface area (TPSA) is 63.3 Å². The molecule has 7 heteroatoms. The van der Waals surface area contributed by atoms with E-state index in [0.29, 0.717) is 0 Å². The number of carbonyl (C=O) groups is 1. The molecule has 0 radical (unpaired) electrons. The second-order valence-electron chi connectivity index (χ2n) is 3.00. The van der Waals surface area contributed by atoms with Gasteiger partial charge in [-0.15, -0.1) is 12.4 Å². The van der Waals surface area contributed by atoms with Gasteiger partial charge in [0.15, 0.2) is 0 Å². The fourth-order valence-electron chi connectivity index (χ4n) is 1.07. The van der Waals surface area contributed by atoms with E-state index in [0.717, 1.165) is 12.1 Å². The highest BCUT2D eigenvalue weighted by molar-refractivity contribution is 9.10. The van der Waals surface area contributed by atoms with E-state index in [1.165, 1.54) is 0 Å². The second kappa shape index (κ2) is 6.12. The maximum Gasteiger partial charge on any atom is 0.320 e. The van der Waals surface area contributed by atoms with Gasteiger partial charge >= 0.3 is 5.97 Å². The van der Waals surface area contributed by atoms with Crippen molar-refractivity contribution in [1.82, 2.24) is 0 Å². The van der Waals surface area contributed by atoms with Crippen molar-refractivity contribution in [2.24, 2.45) is 5.73 Å². The lowest BCUT2D eigenvalue weighted by atomic mass is 10.1. The minimum Gasteiger partial charge on any atom is -0.480 e. The molecule has 0 amide bonds. The van der Waals surface area contributed by atoms with Gasteiger partial charge in [-0.25, -0.2) is 8.78 Å². The van der Waals surface area contributed by atoms with Crippen LogP contribution in [0.2, 0.25) is 0 Å². The van der Waals surface area contributed by atoms with Crippen LogP contribution in [-0.2, 0) is 11.2 Å². The number of nitrogens with two attached hydrogens (primary N) is 1. The molecule has 0 aliphatic heterocycles. The summed E-state index contributed by atoms with van der Waals surface area (Å²) in [6.07, 6.45) is -0.375. The van der Waals surface area contributed by atoms with Crippen LogP contribution in [0.5, 0.6) is 0 Å². The molecule has 90 valence electrons. The number of hydrogen-bond acceptors (Lipinski definition) is 2. The molecule has 0 aromatic heterocycles. The van der Waals surface area contributed by atoms with Gasteiger partial charge in [-0.05, 0) is 12.1 Å². The maximum atomic E-state index is 13.2. The lowest BCUT2D eigenvalue weighted by Gasteiger charge is -2.08. The highest BCUT2D eigenvalue weighted by atomic mass is 79.9. The van der Waals surface area contributed by atoms with Gasteiger partial charge in [0.2, 0.25) is 0 Å². The monoisotopic (exact) mass is 315 g/mol. The molecule has 0 fully saturated rings. The number of hydrogen-bond donors (Lipinski definition) is 2. The van der Waals surface area contributed by atoms with Crippen LogP contribution in [0.1, 0.15) is 5.56 Å². The zero-order chi connectivity index (χ0) is 11.6. The third-order valence-corrected chi connectivity index (χ3v) is 2.30. The van der Waals surface area contributed by atoms with Crippen LogP contribution in [0.15, 0.2) is 16.6 Å². The maximum absolute atomic E-state index is 13.2. The Morgan fingerprint density at radius 1 is 1.44 bits per heavy atom. The van der Waals surface area contributed by atoms with E-state index in [-0.39, 0.29) is 28.9 Å². The van der Waals surface area contributed by atoms with E-state index in [9.17, 15) is 13.6 Å². The lowest BCUT2D eigenvalue weighted by Crippen LogP contribution is -2.32. The van der Waals surface area contributed by atoms with Gasteiger partial charge in [-0.3, -0.25) is 4.79 Å². The third kappa shape index (κ3) is 3.70. The highest BCUT2D eigenvalue weighted by Crippen LogP contribution is 2.20. The van der Waals surface area contributed by atoms with Gasteiger partial charge in [0.25, 0.3) is 0 Å². The van der Waals surface area contributed by atoms with E-state index >= 15 is 0 Å². The molecule has 1 rings (SSSR count). The molecule has 0 saturated heterocycles. The molecule has 0 spiro atoms. The molecule has 1 aromatic rings. The number of benzene rings is 1. The van der Waals surface area contributed by atoms with E-state index in [2.05, 4.69) is 15.9 Å². The Bertz CT molecular complexity index is 380. The normalized spacial score (nSPS) is 11.8. The van der Waals surface area contributed by atoms with Crippen molar-refractivity contribution in [1.29, 1.82) is 0 Å². The van der Waals surface area contributed by atoms with Gasteiger partial charge in [0.05, 0.1) is 0 Å². The highest BCUT2D eigenvalue weighted by Gasteiger charge is 2.18. The summed E-state index contributed by atoms with van der Waals surface area (Å²) < 4.78 is 26.7. The van der Waals surface area contributed by atoms with Gasteiger partial charge in [0.1, 0.15) is 17.7 Å². The predicted molar refractivity (Wildman–Crippen MR) is 60.6 cm³/mol. The quantitative estimate of drug-likeness (QED) is 0.897. The minimum atomic E-state index is -1.31. The fourth-order valence-corrected chi connectivity index (χ4v) is 1.48. The first kappa shape index (κ1) is 15.3. The molecule has 16 heavy (non-hydrogen) atoms. The van der Waals surface area contributed by atoms with Crippen LogP contribution in [0.3, 0.4) is 0 Å². The molecular weight excluding hydrogens is 307 g/mol. The molecule has 3 nitrogen and oxygen atoms in total. The summed E-state index contributed by atoms with van der Waals surface area (Å²) in [4.78, 5) is 10.4. The van der Waals surface area contributed by atoms with Gasteiger partial charge in [-0.2, -0.15) is 0 Å². The van der Waals surface area contributed by atoms with Crippen molar-refractivity contribution >= 4 is 34.3 Å². The number of halogens is 4. The first-order valence-electron chi connectivity index (χ1n) is 4.03. The molecule has 0 saturated carbocycles. The van der Waals surface area contributed by atoms with Crippen LogP contribution >= 0.6 is 28.3 Å². The fraction of sp³-hybridized carbons (Fsp3) is 0.222. The van der Waals surface area contributed by atoms with Crippen LogP contribution in [-0.4, -0.2) is 17.1 Å². The summed E-state index contributed by atoms with van der Waals surface area (Å²) in [5.74, 6) is -2.91. The van der Waals surface area contributed by atoms with Crippen molar-refractivity contribution < 1.29 is 18.7 Å². The summed E-state index contributed by atoms with van der Waals surface area (Å²) in [5.41, 5.74) is 4.87. The van der Waals surface area contributed by atoms with Crippen molar-refractivity contribution in [3.63, 3.8) is 0 Å². The molecule has 1 aromatic carbocycles. The van der Waals surface area contributed by atoms with Crippen LogP contribution in [0.4, 0.5) is 8.78 Å². The largest absolute Gasteiger partial charge is 0.480 e. The second-order valence-corrected chi connectivity index (χ2v) is 3.91. The molecular formula is C9H9BrClF2NO2. The van der Waals surface area contributed by atoms with Gasteiger partial charge in [-0.1, -0.05) is 15.9 Å². The molecule has 0 heterocycles. The third-order valence-electron chi connectivity index (χ3n) is 1.85. The van der Waals surface area contributed by atoms with E-state index < -0.39 is 23.6 Å². The van der Waals surface area contributed by atoms with Gasteiger partial charge in [0, 0.05) is 16.5 Å². The van der Waals surface area contributed by atoms with Crippen molar-refractivity contribution in [3.05, 3.63) is 33.8 Å². The number of carboxylic acid groups (broad SMARTS) is 1. The summed E-state index contributed by atoms with van der Waals surface area (Å²) in [6.45, 7) is 0. The lowest BCUT2D eigenvalue weighted by molar-refractivity contribution is -0.138. The Hall–Kier alpha value is -0.720. The number of aliphatic carboxylic acids is 1. The first-order valence-corrected chi connectivity index (χ1v) is 4.83. The Balaban J connectivity index is 0.00000225. The zero-order valence-electron chi connectivity index (χ0n) is 7.91. The van der Waals surface area contributed by atoms with E-state index in [1.54, 1.807) is 0 Å². The molecule has 0 bridgehead atoms. The summed E-state index contributed by atoms with van der Waals surface area (Å²) in [5, 5.41) is 8.50. The summed E-state index contributed by atoms with van der Waals surface area (Å²) in [6, 6.07) is 0.815. The SMILES string of the molecule is Cl.NC(Cc1c(F)cc(Br)cc1F)C(=O)O. The minimum absolute atomic E-state index is 0. The smallest absolute Gasteiger partial charge is 0.320 e. The molecule has 1 unspecified atom stereocenters. The van der Waals surface area contributed by atoms with Crippen molar-refractivity contribution in [2.75, 3.05) is 0 Å². The zero-order valence-corrected chi connectivity index (χ0v) is 10.3. The van der Waals surface area contributed by atoms with Gasteiger partial charge < -0.3 is 10.8 Å². The average Bonchev–Trinajstić information content (AvgIpc) is 2.10. The summed E-state index contributed by atoms with van der Waals surface area (Å²) >= 11 is 2.91. The standard InChI is InChI=1S/C9H8BrF2NO2.ClH/c10-4-1-6(11)5(7(12)2-4)3-8(13)9(14)15;/h1-2,8H,3,13H2,(H,14,15);1H. The summed E-state index contributed by atoms with van der Waals surface area (Å²) in [7, 11) is 0.